The molecule has 0 aliphatic carbocycles. The van der Waals surface area contributed by atoms with E-state index in [-0.39, 0.29) is 16.1 Å². The predicted molar refractivity (Wildman–Crippen MR) is 88.9 cm³/mol. The Balaban J connectivity index is 2.36. The first-order valence-electron chi connectivity index (χ1n) is 7.37. The number of alkyl halides is 3. The Labute approximate surface area is 151 Å². The summed E-state index contributed by atoms with van der Waals surface area (Å²) in [6.07, 6.45) is -5.84. The van der Waals surface area contributed by atoms with Crippen molar-refractivity contribution >= 4 is 21.4 Å². The molecule has 0 aliphatic rings. The van der Waals surface area contributed by atoms with Gasteiger partial charge in [-0.2, -0.15) is 13.2 Å². The summed E-state index contributed by atoms with van der Waals surface area (Å²) in [4.78, 5) is -0.222. The van der Waals surface area contributed by atoms with Crippen molar-refractivity contribution in [2.24, 2.45) is 5.14 Å². The SMILES string of the molecule is N=C(CC(Nc1ccc(S(N)(=O)=O)cc1)c1ccc(F)cc1F)C(F)(F)F. The molecule has 0 aromatic heterocycles. The van der Waals surface area contributed by atoms with Crippen molar-refractivity contribution in [2.45, 2.75) is 23.5 Å². The maximum Gasteiger partial charge on any atom is 0.428 e. The normalized spacial score (nSPS) is 13.3. The topological polar surface area (TPSA) is 96.0 Å². The van der Waals surface area contributed by atoms with Crippen LogP contribution in [0.15, 0.2) is 47.4 Å². The number of sulfonamides is 1. The minimum absolute atomic E-state index is 0.158. The molecule has 0 heterocycles. The van der Waals surface area contributed by atoms with Crippen LogP contribution in [0.2, 0.25) is 0 Å². The molecular weight excluding hydrogens is 393 g/mol. The van der Waals surface area contributed by atoms with Gasteiger partial charge >= 0.3 is 6.18 Å². The first-order valence-corrected chi connectivity index (χ1v) is 8.91. The van der Waals surface area contributed by atoms with Crippen molar-refractivity contribution in [2.75, 3.05) is 5.32 Å². The molecule has 1 unspecified atom stereocenters. The lowest BCUT2D eigenvalue weighted by molar-refractivity contribution is -0.0615. The van der Waals surface area contributed by atoms with E-state index in [0.29, 0.717) is 6.07 Å². The van der Waals surface area contributed by atoms with Gasteiger partial charge in [-0.15, -0.1) is 0 Å². The van der Waals surface area contributed by atoms with Crippen molar-refractivity contribution < 1.29 is 30.4 Å². The highest BCUT2D eigenvalue weighted by Gasteiger charge is 2.36. The fourth-order valence-corrected chi connectivity index (χ4v) is 2.80. The van der Waals surface area contributed by atoms with Crippen molar-refractivity contribution in [1.82, 2.24) is 0 Å². The van der Waals surface area contributed by atoms with Gasteiger partial charge in [0.2, 0.25) is 10.0 Å². The van der Waals surface area contributed by atoms with Gasteiger partial charge in [-0.3, -0.25) is 0 Å². The summed E-state index contributed by atoms with van der Waals surface area (Å²) in [5.41, 5.74) is -1.73. The lowest BCUT2D eigenvalue weighted by atomic mass is 9.99. The van der Waals surface area contributed by atoms with Crippen molar-refractivity contribution in [3.05, 3.63) is 59.7 Å². The van der Waals surface area contributed by atoms with Crippen LogP contribution in [-0.4, -0.2) is 20.3 Å². The fourth-order valence-electron chi connectivity index (χ4n) is 2.28. The van der Waals surface area contributed by atoms with E-state index in [4.69, 9.17) is 10.5 Å². The summed E-state index contributed by atoms with van der Waals surface area (Å²) in [6.45, 7) is 0. The molecule has 0 aliphatic heterocycles. The molecule has 0 bridgehead atoms. The van der Waals surface area contributed by atoms with Gasteiger partial charge < -0.3 is 10.7 Å². The molecule has 2 aromatic carbocycles. The van der Waals surface area contributed by atoms with Gasteiger partial charge in [0, 0.05) is 23.7 Å². The Morgan fingerprint density at radius 2 is 1.70 bits per heavy atom. The number of halogens is 5. The van der Waals surface area contributed by atoms with Crippen LogP contribution in [0.25, 0.3) is 0 Å². The van der Waals surface area contributed by atoms with E-state index in [1.165, 1.54) is 12.1 Å². The number of benzene rings is 2. The molecular formula is C16H14F5N3O2S. The molecule has 146 valence electrons. The Morgan fingerprint density at radius 3 is 2.19 bits per heavy atom. The van der Waals surface area contributed by atoms with Crippen LogP contribution in [0.3, 0.4) is 0 Å². The molecule has 2 rings (SSSR count). The maximum atomic E-state index is 14.0. The highest BCUT2D eigenvalue weighted by molar-refractivity contribution is 7.89. The molecule has 0 saturated heterocycles. The molecule has 0 spiro atoms. The summed E-state index contributed by atoms with van der Waals surface area (Å²) in [7, 11) is -3.96. The zero-order valence-electron chi connectivity index (χ0n) is 13.5. The molecule has 27 heavy (non-hydrogen) atoms. The van der Waals surface area contributed by atoms with E-state index < -0.39 is 46.0 Å². The first kappa shape index (κ1) is 20.8. The van der Waals surface area contributed by atoms with Crippen LogP contribution in [0, 0.1) is 17.0 Å². The van der Waals surface area contributed by atoms with E-state index >= 15 is 0 Å². The summed E-state index contributed by atoms with van der Waals surface area (Å²) < 4.78 is 87.8. The Bertz CT molecular complexity index is 944. The van der Waals surface area contributed by atoms with Gasteiger partial charge in [0.25, 0.3) is 0 Å². The highest BCUT2D eigenvalue weighted by atomic mass is 32.2. The summed E-state index contributed by atoms with van der Waals surface area (Å²) >= 11 is 0. The van der Waals surface area contributed by atoms with Crippen LogP contribution in [0.5, 0.6) is 0 Å². The standard InChI is InChI=1S/C16H14F5N3O2S/c17-9-1-6-12(13(18)7-9)14(8-15(22)16(19,20)21)24-10-2-4-11(5-3-10)27(23,25)26/h1-7,14,22,24H,8H2,(H2,23,25,26). The lowest BCUT2D eigenvalue weighted by Gasteiger charge is -2.22. The molecule has 0 amide bonds. The second-order valence-electron chi connectivity index (χ2n) is 5.61. The zero-order chi connectivity index (χ0) is 20.4. The average molecular weight is 407 g/mol. The van der Waals surface area contributed by atoms with E-state index in [9.17, 15) is 30.4 Å². The number of hydrogen-bond donors (Lipinski definition) is 3. The minimum Gasteiger partial charge on any atom is -0.378 e. The van der Waals surface area contributed by atoms with Gasteiger partial charge in [-0.25, -0.2) is 22.3 Å². The largest absolute Gasteiger partial charge is 0.428 e. The summed E-state index contributed by atoms with van der Waals surface area (Å²) in [5, 5.41) is 14.7. The minimum atomic E-state index is -4.91. The number of primary sulfonamides is 1. The third kappa shape index (κ3) is 5.47. The van der Waals surface area contributed by atoms with Crippen molar-refractivity contribution in [3.63, 3.8) is 0 Å². The van der Waals surface area contributed by atoms with Gasteiger partial charge in [0.1, 0.15) is 17.3 Å². The summed E-state index contributed by atoms with van der Waals surface area (Å²) in [6, 6.07) is 5.72. The number of anilines is 1. The molecule has 5 nitrogen and oxygen atoms in total. The second kappa shape index (κ2) is 7.61. The van der Waals surface area contributed by atoms with Gasteiger partial charge in [-0.05, 0) is 30.3 Å². The number of nitrogens with two attached hydrogens (primary N) is 1. The molecule has 0 saturated carbocycles. The summed E-state index contributed by atoms with van der Waals surface area (Å²) in [5.74, 6) is -1.98. The number of hydrogen-bond acceptors (Lipinski definition) is 4. The third-order valence-corrected chi connectivity index (χ3v) is 4.54. The predicted octanol–water partition coefficient (Wildman–Crippen LogP) is 3.74. The van der Waals surface area contributed by atoms with E-state index in [0.717, 1.165) is 24.3 Å². The quantitative estimate of drug-likeness (QED) is 0.503. The molecule has 0 fully saturated rings. The Hall–Kier alpha value is -2.53. The smallest absolute Gasteiger partial charge is 0.378 e. The van der Waals surface area contributed by atoms with Crippen LogP contribution < -0.4 is 10.5 Å². The molecule has 11 heteroatoms. The number of rotatable bonds is 6. The van der Waals surface area contributed by atoms with Gasteiger partial charge in [0.15, 0.2) is 0 Å². The van der Waals surface area contributed by atoms with E-state index in [2.05, 4.69) is 5.32 Å². The highest BCUT2D eigenvalue weighted by Crippen LogP contribution is 2.30. The first-order chi connectivity index (χ1) is 12.4. The fraction of sp³-hybridized carbons (Fsp3) is 0.188. The van der Waals surface area contributed by atoms with E-state index in [1.54, 1.807) is 0 Å². The van der Waals surface area contributed by atoms with Gasteiger partial charge in [-0.1, -0.05) is 6.07 Å². The second-order valence-corrected chi connectivity index (χ2v) is 7.17. The molecule has 1 atom stereocenters. The average Bonchev–Trinajstić information content (AvgIpc) is 2.53. The Kier molecular flexibility index (Phi) is 5.85. The lowest BCUT2D eigenvalue weighted by Crippen LogP contribution is -2.27. The zero-order valence-corrected chi connectivity index (χ0v) is 14.3. The van der Waals surface area contributed by atoms with Crippen LogP contribution in [0.4, 0.5) is 27.6 Å². The molecule has 0 radical (unpaired) electrons. The monoisotopic (exact) mass is 407 g/mol. The van der Waals surface area contributed by atoms with Crippen molar-refractivity contribution in [3.8, 4) is 0 Å². The van der Waals surface area contributed by atoms with Gasteiger partial charge in [0.05, 0.1) is 10.9 Å². The van der Waals surface area contributed by atoms with Crippen molar-refractivity contribution in [1.29, 1.82) is 5.41 Å². The molecule has 2 aromatic rings. The van der Waals surface area contributed by atoms with E-state index in [1.807, 2.05) is 0 Å². The van der Waals surface area contributed by atoms with Crippen LogP contribution in [0.1, 0.15) is 18.0 Å². The third-order valence-electron chi connectivity index (χ3n) is 3.61. The Morgan fingerprint density at radius 1 is 1.11 bits per heavy atom. The number of nitrogens with one attached hydrogen (secondary N) is 2. The van der Waals surface area contributed by atoms with Crippen LogP contribution in [-0.2, 0) is 10.0 Å². The molecule has 4 N–H and O–H groups in total. The van der Waals surface area contributed by atoms with Crippen LogP contribution >= 0.6 is 0 Å². The maximum absolute atomic E-state index is 14.0.